The van der Waals surface area contributed by atoms with E-state index in [0.717, 1.165) is 12.0 Å². The van der Waals surface area contributed by atoms with E-state index in [1.54, 1.807) is 24.3 Å². The molecule has 0 radical (unpaired) electrons. The van der Waals surface area contributed by atoms with Gasteiger partial charge in [0.1, 0.15) is 0 Å². The predicted octanol–water partition coefficient (Wildman–Crippen LogP) is 4.41. The molecule has 0 aliphatic heterocycles. The van der Waals surface area contributed by atoms with Crippen molar-refractivity contribution in [1.29, 1.82) is 0 Å². The van der Waals surface area contributed by atoms with Crippen LogP contribution in [0.2, 0.25) is 5.02 Å². The third-order valence-electron chi connectivity index (χ3n) is 4.91. The zero-order valence-electron chi connectivity index (χ0n) is 18.2. The molecule has 0 unspecified atom stereocenters. The lowest BCUT2D eigenvalue weighted by Gasteiger charge is -2.18. The number of hydrogen-bond donors (Lipinski definition) is 2. The number of carbonyl (C=O) groups is 2. The maximum atomic E-state index is 12.9. The summed E-state index contributed by atoms with van der Waals surface area (Å²) in [5.41, 5.74) is 2.06. The van der Waals surface area contributed by atoms with Crippen molar-refractivity contribution in [3.8, 4) is 0 Å². The van der Waals surface area contributed by atoms with E-state index in [0.29, 0.717) is 5.69 Å². The average molecular weight is 486 g/mol. The molecule has 0 saturated carbocycles. The number of aryl methyl sites for hydroxylation is 1. The molecule has 33 heavy (non-hydrogen) atoms. The van der Waals surface area contributed by atoms with Crippen LogP contribution >= 0.6 is 11.6 Å². The number of nitrogens with one attached hydrogen (secondary N) is 2. The van der Waals surface area contributed by atoms with Gasteiger partial charge in [0.2, 0.25) is 5.91 Å². The molecule has 7 nitrogen and oxygen atoms in total. The molecule has 0 atom stereocenters. The van der Waals surface area contributed by atoms with Gasteiger partial charge in [0.15, 0.2) is 0 Å². The van der Waals surface area contributed by atoms with E-state index in [1.165, 1.54) is 42.3 Å². The van der Waals surface area contributed by atoms with Crippen molar-refractivity contribution in [3.05, 3.63) is 88.9 Å². The van der Waals surface area contributed by atoms with E-state index < -0.39 is 15.9 Å². The SMILES string of the molecule is CCc1ccccc1NC(=O)CN(C)C(=O)c1cccc(S(=O)(=O)Nc2ccccc2Cl)c1. The van der Waals surface area contributed by atoms with Gasteiger partial charge in [-0.3, -0.25) is 14.3 Å². The molecule has 2 amide bonds. The Balaban J connectivity index is 1.72. The molecular weight excluding hydrogens is 462 g/mol. The van der Waals surface area contributed by atoms with Gasteiger partial charge in [0.25, 0.3) is 15.9 Å². The number of hydrogen-bond acceptors (Lipinski definition) is 4. The number of amides is 2. The largest absolute Gasteiger partial charge is 0.332 e. The van der Waals surface area contributed by atoms with Crippen LogP contribution in [0.15, 0.2) is 77.7 Å². The number of para-hydroxylation sites is 2. The summed E-state index contributed by atoms with van der Waals surface area (Å²) in [6, 6.07) is 19.5. The van der Waals surface area contributed by atoms with Gasteiger partial charge in [-0.2, -0.15) is 0 Å². The highest BCUT2D eigenvalue weighted by Crippen LogP contribution is 2.24. The fourth-order valence-corrected chi connectivity index (χ4v) is 4.56. The zero-order valence-corrected chi connectivity index (χ0v) is 19.8. The second kappa shape index (κ2) is 10.5. The lowest BCUT2D eigenvalue weighted by molar-refractivity contribution is -0.116. The summed E-state index contributed by atoms with van der Waals surface area (Å²) in [5.74, 6) is -0.834. The highest BCUT2D eigenvalue weighted by molar-refractivity contribution is 7.92. The molecule has 0 aromatic heterocycles. The van der Waals surface area contributed by atoms with Crippen LogP contribution in [0.4, 0.5) is 11.4 Å². The fraction of sp³-hybridized carbons (Fsp3) is 0.167. The number of anilines is 2. The van der Waals surface area contributed by atoms with Crippen LogP contribution in [0.25, 0.3) is 0 Å². The third kappa shape index (κ3) is 6.12. The molecule has 3 rings (SSSR count). The van der Waals surface area contributed by atoms with E-state index in [1.807, 2.05) is 25.1 Å². The Morgan fingerprint density at radius 2 is 1.61 bits per heavy atom. The van der Waals surface area contributed by atoms with E-state index in [2.05, 4.69) is 10.0 Å². The Bertz CT molecular complexity index is 1280. The summed E-state index contributed by atoms with van der Waals surface area (Å²) in [5, 5.41) is 3.07. The number of nitrogens with zero attached hydrogens (tertiary/aromatic N) is 1. The first-order valence-corrected chi connectivity index (χ1v) is 12.1. The molecule has 0 aliphatic rings. The Kier molecular flexibility index (Phi) is 7.73. The number of likely N-dealkylation sites (N-methyl/N-ethyl adjacent to an activating group) is 1. The maximum Gasteiger partial charge on any atom is 0.261 e. The van der Waals surface area contributed by atoms with E-state index in [4.69, 9.17) is 11.6 Å². The molecule has 3 aromatic carbocycles. The highest BCUT2D eigenvalue weighted by Gasteiger charge is 2.20. The van der Waals surface area contributed by atoms with Gasteiger partial charge in [0, 0.05) is 18.3 Å². The molecule has 0 fully saturated rings. The van der Waals surface area contributed by atoms with Gasteiger partial charge < -0.3 is 10.2 Å². The summed E-state index contributed by atoms with van der Waals surface area (Å²) >= 11 is 6.04. The topological polar surface area (TPSA) is 95.6 Å². The normalized spacial score (nSPS) is 11.0. The Hall–Kier alpha value is -3.36. The Labute approximate surface area is 198 Å². The molecule has 172 valence electrons. The molecule has 0 saturated heterocycles. The van der Waals surface area contributed by atoms with Crippen LogP contribution in [0.1, 0.15) is 22.8 Å². The Morgan fingerprint density at radius 1 is 0.939 bits per heavy atom. The summed E-state index contributed by atoms with van der Waals surface area (Å²) in [7, 11) is -2.49. The lowest BCUT2D eigenvalue weighted by Crippen LogP contribution is -2.35. The van der Waals surface area contributed by atoms with Crippen molar-refractivity contribution in [1.82, 2.24) is 4.90 Å². The number of rotatable bonds is 8. The first-order chi connectivity index (χ1) is 15.7. The van der Waals surface area contributed by atoms with Crippen molar-refractivity contribution in [3.63, 3.8) is 0 Å². The van der Waals surface area contributed by atoms with E-state index >= 15 is 0 Å². The zero-order chi connectivity index (χ0) is 24.0. The van der Waals surface area contributed by atoms with Gasteiger partial charge in [-0.25, -0.2) is 8.42 Å². The molecule has 2 N–H and O–H groups in total. The molecule has 0 bridgehead atoms. The average Bonchev–Trinajstić information content (AvgIpc) is 2.80. The summed E-state index contributed by atoms with van der Waals surface area (Å²) in [4.78, 5) is 26.5. The van der Waals surface area contributed by atoms with Crippen molar-refractivity contribution in [2.75, 3.05) is 23.6 Å². The first-order valence-electron chi connectivity index (χ1n) is 10.2. The smallest absolute Gasteiger partial charge is 0.261 e. The van der Waals surface area contributed by atoms with Gasteiger partial charge in [-0.05, 0) is 48.4 Å². The van der Waals surface area contributed by atoms with Crippen LogP contribution in [0.5, 0.6) is 0 Å². The van der Waals surface area contributed by atoms with Crippen molar-refractivity contribution in [2.45, 2.75) is 18.2 Å². The van der Waals surface area contributed by atoms with Crippen LogP contribution in [-0.2, 0) is 21.2 Å². The third-order valence-corrected chi connectivity index (χ3v) is 6.60. The van der Waals surface area contributed by atoms with Gasteiger partial charge in [-0.1, -0.05) is 54.9 Å². The van der Waals surface area contributed by atoms with Gasteiger partial charge in [0.05, 0.1) is 22.2 Å². The molecule has 0 spiro atoms. The van der Waals surface area contributed by atoms with Crippen molar-refractivity contribution in [2.24, 2.45) is 0 Å². The molecule has 9 heteroatoms. The van der Waals surface area contributed by atoms with Crippen molar-refractivity contribution < 1.29 is 18.0 Å². The summed E-state index contributed by atoms with van der Waals surface area (Å²) in [6.45, 7) is 1.80. The van der Waals surface area contributed by atoms with Crippen LogP contribution < -0.4 is 10.0 Å². The van der Waals surface area contributed by atoms with Crippen LogP contribution in [0.3, 0.4) is 0 Å². The van der Waals surface area contributed by atoms with Crippen LogP contribution in [-0.4, -0.2) is 38.7 Å². The Morgan fingerprint density at radius 3 is 2.30 bits per heavy atom. The molecule has 0 heterocycles. The monoisotopic (exact) mass is 485 g/mol. The number of sulfonamides is 1. The quantitative estimate of drug-likeness (QED) is 0.494. The molecule has 0 aliphatic carbocycles. The van der Waals surface area contributed by atoms with Crippen molar-refractivity contribution >= 4 is 44.8 Å². The van der Waals surface area contributed by atoms with E-state index in [9.17, 15) is 18.0 Å². The lowest BCUT2D eigenvalue weighted by atomic mass is 10.1. The highest BCUT2D eigenvalue weighted by atomic mass is 35.5. The van der Waals surface area contributed by atoms with Gasteiger partial charge in [-0.15, -0.1) is 0 Å². The number of benzene rings is 3. The van der Waals surface area contributed by atoms with Crippen LogP contribution in [0, 0.1) is 0 Å². The van der Waals surface area contributed by atoms with E-state index in [-0.39, 0.29) is 33.6 Å². The molecular formula is C24H24ClN3O4S. The standard InChI is InChI=1S/C24H24ClN3O4S/c1-3-17-9-4-6-13-21(17)26-23(29)16-28(2)24(30)18-10-8-11-19(15-18)33(31,32)27-22-14-7-5-12-20(22)25/h4-15,27H,3,16H2,1-2H3,(H,26,29). The molecule has 3 aromatic rings. The number of halogens is 1. The summed E-state index contributed by atoms with van der Waals surface area (Å²) in [6.07, 6.45) is 0.759. The minimum absolute atomic E-state index is 0.0944. The minimum Gasteiger partial charge on any atom is -0.332 e. The second-order valence-corrected chi connectivity index (χ2v) is 9.42. The second-order valence-electron chi connectivity index (χ2n) is 7.33. The number of carbonyl (C=O) groups excluding carboxylic acids is 2. The maximum absolute atomic E-state index is 12.9. The van der Waals surface area contributed by atoms with Gasteiger partial charge >= 0.3 is 0 Å². The minimum atomic E-state index is -3.97. The summed E-state index contributed by atoms with van der Waals surface area (Å²) < 4.78 is 28.0. The predicted molar refractivity (Wildman–Crippen MR) is 130 cm³/mol. The first kappa shape index (κ1) is 24.3. The fourth-order valence-electron chi connectivity index (χ4n) is 3.19.